The number of anilines is 1. The molecular formula is C16H18N2O6. The van der Waals surface area contributed by atoms with Crippen molar-refractivity contribution in [3.05, 3.63) is 29.3 Å². The Morgan fingerprint density at radius 1 is 1.25 bits per heavy atom. The third kappa shape index (κ3) is 2.70. The minimum Gasteiger partial charge on any atom is -0.468 e. The van der Waals surface area contributed by atoms with E-state index in [9.17, 15) is 19.2 Å². The molecule has 2 N–H and O–H groups in total. The molecule has 8 heteroatoms. The van der Waals surface area contributed by atoms with Crippen molar-refractivity contribution >= 4 is 29.4 Å². The standard InChI is InChI=1S/C16H18N2O6/c1-18-11-5-4-9(14(21)23-2)6-10(11)16(7-12(17)19,8-13(18)20)15(22)24-3/h4-6H,7-8H2,1-3H3,(H2,17,19)/t16-/m1/s1. The van der Waals surface area contributed by atoms with Crippen LogP contribution >= 0.6 is 0 Å². The lowest BCUT2D eigenvalue weighted by atomic mass is 9.71. The van der Waals surface area contributed by atoms with E-state index in [2.05, 4.69) is 4.74 Å². The number of ether oxygens (including phenoxy) is 2. The summed E-state index contributed by atoms with van der Waals surface area (Å²) in [7, 11) is 3.94. The number of carbonyl (C=O) groups is 4. The van der Waals surface area contributed by atoms with E-state index in [0.717, 1.165) is 7.11 Å². The summed E-state index contributed by atoms with van der Waals surface area (Å²) < 4.78 is 9.51. The summed E-state index contributed by atoms with van der Waals surface area (Å²) in [6.45, 7) is 0. The van der Waals surface area contributed by atoms with E-state index < -0.39 is 29.7 Å². The first-order valence-electron chi connectivity index (χ1n) is 7.13. The van der Waals surface area contributed by atoms with Gasteiger partial charge in [0.25, 0.3) is 0 Å². The SMILES string of the molecule is COC(=O)c1ccc2c(c1)[C@](CC(N)=O)(C(=O)OC)CC(=O)N2C. The molecule has 1 heterocycles. The highest BCUT2D eigenvalue weighted by Crippen LogP contribution is 2.43. The first-order valence-corrected chi connectivity index (χ1v) is 7.13. The third-order valence-corrected chi connectivity index (χ3v) is 4.17. The van der Waals surface area contributed by atoms with E-state index >= 15 is 0 Å². The fourth-order valence-electron chi connectivity index (χ4n) is 2.97. The van der Waals surface area contributed by atoms with E-state index in [4.69, 9.17) is 10.5 Å². The van der Waals surface area contributed by atoms with Gasteiger partial charge in [-0.05, 0) is 23.8 Å². The van der Waals surface area contributed by atoms with Crippen LogP contribution in [-0.4, -0.2) is 45.0 Å². The van der Waals surface area contributed by atoms with E-state index in [-0.39, 0.29) is 17.9 Å². The second-order valence-corrected chi connectivity index (χ2v) is 5.57. The monoisotopic (exact) mass is 334 g/mol. The lowest BCUT2D eigenvalue weighted by Crippen LogP contribution is -2.49. The van der Waals surface area contributed by atoms with Crippen LogP contribution in [0.15, 0.2) is 18.2 Å². The van der Waals surface area contributed by atoms with Crippen molar-refractivity contribution in [2.45, 2.75) is 18.3 Å². The van der Waals surface area contributed by atoms with Gasteiger partial charge < -0.3 is 20.1 Å². The van der Waals surface area contributed by atoms with Gasteiger partial charge in [0.2, 0.25) is 11.8 Å². The van der Waals surface area contributed by atoms with E-state index in [0.29, 0.717) is 11.3 Å². The number of methoxy groups -OCH3 is 2. The molecule has 8 nitrogen and oxygen atoms in total. The van der Waals surface area contributed by atoms with Gasteiger partial charge in [-0.15, -0.1) is 0 Å². The molecule has 0 radical (unpaired) electrons. The van der Waals surface area contributed by atoms with Gasteiger partial charge in [-0.3, -0.25) is 14.4 Å². The van der Waals surface area contributed by atoms with Crippen LogP contribution in [0.4, 0.5) is 5.69 Å². The largest absolute Gasteiger partial charge is 0.468 e. The second-order valence-electron chi connectivity index (χ2n) is 5.57. The van der Waals surface area contributed by atoms with Gasteiger partial charge in [0.1, 0.15) is 5.41 Å². The Bertz CT molecular complexity index is 729. The molecule has 0 fully saturated rings. The molecule has 2 amide bonds. The number of fused-ring (bicyclic) bond motifs is 1. The topological polar surface area (TPSA) is 116 Å². The summed E-state index contributed by atoms with van der Waals surface area (Å²) in [5.74, 6) is -2.48. The maximum atomic E-state index is 12.5. The number of primary amides is 1. The minimum absolute atomic E-state index is 0.191. The lowest BCUT2D eigenvalue weighted by Gasteiger charge is -2.39. The van der Waals surface area contributed by atoms with E-state index in [1.54, 1.807) is 7.05 Å². The number of nitrogens with two attached hydrogens (primary N) is 1. The zero-order valence-electron chi connectivity index (χ0n) is 13.6. The number of nitrogens with zero attached hydrogens (tertiary/aromatic N) is 1. The zero-order chi connectivity index (χ0) is 18.1. The third-order valence-electron chi connectivity index (χ3n) is 4.17. The molecule has 0 bridgehead atoms. The molecule has 1 aromatic carbocycles. The molecule has 24 heavy (non-hydrogen) atoms. The van der Waals surface area contributed by atoms with Gasteiger partial charge in [-0.2, -0.15) is 0 Å². The van der Waals surface area contributed by atoms with Crippen molar-refractivity contribution in [1.82, 2.24) is 0 Å². The zero-order valence-corrected chi connectivity index (χ0v) is 13.6. The molecule has 0 saturated heterocycles. The Labute approximate surface area is 138 Å². The number of hydrogen-bond donors (Lipinski definition) is 1. The predicted octanol–water partition coefficient (Wildman–Crippen LogP) is 0.126. The van der Waals surface area contributed by atoms with Crippen molar-refractivity contribution in [2.75, 3.05) is 26.2 Å². The molecule has 2 rings (SSSR count). The molecular weight excluding hydrogens is 316 g/mol. The maximum Gasteiger partial charge on any atom is 0.337 e. The maximum absolute atomic E-state index is 12.5. The highest BCUT2D eigenvalue weighted by molar-refractivity contribution is 6.06. The molecule has 1 aromatic rings. The van der Waals surface area contributed by atoms with Crippen LogP contribution in [0.2, 0.25) is 0 Å². The normalized spacial score (nSPS) is 19.5. The van der Waals surface area contributed by atoms with Crippen LogP contribution in [-0.2, 0) is 29.3 Å². The summed E-state index contributed by atoms with van der Waals surface area (Å²) in [6.07, 6.45) is -0.687. The molecule has 0 unspecified atom stereocenters. The molecule has 1 aliphatic rings. The number of amides is 2. The smallest absolute Gasteiger partial charge is 0.337 e. The fourth-order valence-corrected chi connectivity index (χ4v) is 2.97. The van der Waals surface area contributed by atoms with Crippen LogP contribution in [0, 0.1) is 0 Å². The quantitative estimate of drug-likeness (QED) is 0.782. The van der Waals surface area contributed by atoms with Gasteiger partial charge in [0.15, 0.2) is 0 Å². The predicted molar refractivity (Wildman–Crippen MR) is 83.3 cm³/mol. The van der Waals surface area contributed by atoms with Crippen LogP contribution in [0.25, 0.3) is 0 Å². The molecule has 0 aliphatic carbocycles. The Morgan fingerprint density at radius 2 is 1.92 bits per heavy atom. The molecule has 1 atom stereocenters. The number of rotatable bonds is 4. The van der Waals surface area contributed by atoms with Crippen molar-refractivity contribution < 1.29 is 28.7 Å². The van der Waals surface area contributed by atoms with Crippen molar-refractivity contribution in [3.63, 3.8) is 0 Å². The molecule has 128 valence electrons. The summed E-state index contributed by atoms with van der Waals surface area (Å²) in [5, 5.41) is 0. The van der Waals surface area contributed by atoms with Crippen molar-refractivity contribution in [3.8, 4) is 0 Å². The highest BCUT2D eigenvalue weighted by Gasteiger charge is 2.50. The lowest BCUT2D eigenvalue weighted by molar-refractivity contribution is -0.151. The Hall–Kier alpha value is -2.90. The Kier molecular flexibility index (Phi) is 4.59. The average molecular weight is 334 g/mol. The van der Waals surface area contributed by atoms with Gasteiger partial charge in [-0.1, -0.05) is 0 Å². The van der Waals surface area contributed by atoms with Crippen molar-refractivity contribution in [2.24, 2.45) is 5.73 Å². The van der Waals surface area contributed by atoms with Gasteiger partial charge in [0, 0.05) is 25.6 Å². The van der Waals surface area contributed by atoms with E-state index in [1.165, 1.54) is 30.2 Å². The number of esters is 2. The summed E-state index contributed by atoms with van der Waals surface area (Å²) in [6, 6.07) is 4.44. The summed E-state index contributed by atoms with van der Waals surface area (Å²) >= 11 is 0. The molecule has 0 spiro atoms. The van der Waals surface area contributed by atoms with Gasteiger partial charge in [-0.25, -0.2) is 4.79 Å². The van der Waals surface area contributed by atoms with Crippen LogP contribution < -0.4 is 10.6 Å². The van der Waals surface area contributed by atoms with Crippen LogP contribution in [0.1, 0.15) is 28.8 Å². The number of hydrogen-bond acceptors (Lipinski definition) is 6. The first-order chi connectivity index (χ1) is 11.3. The second kappa shape index (κ2) is 6.31. The molecule has 1 aliphatic heterocycles. The van der Waals surface area contributed by atoms with E-state index in [1.807, 2.05) is 0 Å². The van der Waals surface area contributed by atoms with Crippen LogP contribution in [0.3, 0.4) is 0 Å². The molecule has 0 aromatic heterocycles. The highest BCUT2D eigenvalue weighted by atomic mass is 16.5. The fraction of sp³-hybridized carbons (Fsp3) is 0.375. The van der Waals surface area contributed by atoms with Crippen molar-refractivity contribution in [1.29, 1.82) is 0 Å². The Morgan fingerprint density at radius 3 is 2.46 bits per heavy atom. The van der Waals surface area contributed by atoms with Gasteiger partial charge >= 0.3 is 11.9 Å². The number of carbonyl (C=O) groups excluding carboxylic acids is 4. The minimum atomic E-state index is -1.57. The summed E-state index contributed by atoms with van der Waals surface area (Å²) in [4.78, 5) is 49.5. The van der Waals surface area contributed by atoms with Crippen LogP contribution in [0.5, 0.6) is 0 Å². The number of benzene rings is 1. The average Bonchev–Trinajstić information content (AvgIpc) is 2.56. The Balaban J connectivity index is 2.75. The summed E-state index contributed by atoms with van der Waals surface area (Å²) in [5.41, 5.74) is 4.66. The van der Waals surface area contributed by atoms with Gasteiger partial charge in [0.05, 0.1) is 19.8 Å². The first kappa shape index (κ1) is 17.5. The molecule has 0 saturated carbocycles.